The molecule has 1 aromatic heterocycles. The van der Waals surface area contributed by atoms with Gasteiger partial charge in [0.05, 0.1) is 12.6 Å². The zero-order valence-electron chi connectivity index (χ0n) is 10.2. The minimum atomic E-state index is 0.301. The van der Waals surface area contributed by atoms with E-state index in [4.69, 9.17) is 4.74 Å². The minimum Gasteiger partial charge on any atom is -0.377 e. The molecule has 2 rings (SSSR count). The molecule has 0 saturated carbocycles. The van der Waals surface area contributed by atoms with E-state index in [2.05, 4.69) is 40.9 Å². The standard InChI is InChI=1S/C11H20N4O/c1-8(2)15-7-13-14-11(15)6-12-10-4-5-16-9(10)3/h7-10,12H,4-6H2,1-3H3. The molecule has 1 aromatic rings. The predicted octanol–water partition coefficient (Wildman–Crippen LogP) is 1.13. The molecule has 90 valence electrons. The third kappa shape index (κ3) is 2.41. The minimum absolute atomic E-state index is 0.301. The molecule has 5 nitrogen and oxygen atoms in total. The van der Waals surface area contributed by atoms with Crippen LogP contribution in [0, 0.1) is 0 Å². The molecule has 2 heterocycles. The van der Waals surface area contributed by atoms with Crippen molar-refractivity contribution >= 4 is 0 Å². The Morgan fingerprint density at radius 1 is 1.62 bits per heavy atom. The number of aromatic nitrogens is 3. The summed E-state index contributed by atoms with van der Waals surface area (Å²) in [5.74, 6) is 0.995. The summed E-state index contributed by atoms with van der Waals surface area (Å²) >= 11 is 0. The maximum atomic E-state index is 5.51. The van der Waals surface area contributed by atoms with E-state index in [1.807, 2.05) is 0 Å². The SMILES string of the molecule is CC1OCCC1NCc1nncn1C(C)C. The van der Waals surface area contributed by atoms with Crippen molar-refractivity contribution in [2.45, 2.75) is 51.9 Å². The molecule has 1 aliphatic heterocycles. The Hall–Kier alpha value is -0.940. The van der Waals surface area contributed by atoms with Crippen molar-refractivity contribution in [1.82, 2.24) is 20.1 Å². The average Bonchev–Trinajstić information content (AvgIpc) is 2.83. The fraction of sp³-hybridized carbons (Fsp3) is 0.818. The first-order chi connectivity index (χ1) is 7.68. The van der Waals surface area contributed by atoms with Gasteiger partial charge in [-0.05, 0) is 27.2 Å². The second-order valence-corrected chi connectivity index (χ2v) is 4.60. The van der Waals surface area contributed by atoms with E-state index in [9.17, 15) is 0 Å². The zero-order chi connectivity index (χ0) is 11.5. The van der Waals surface area contributed by atoms with Crippen LogP contribution in [0.1, 0.15) is 39.1 Å². The molecule has 2 atom stereocenters. The number of rotatable bonds is 4. The summed E-state index contributed by atoms with van der Waals surface area (Å²) < 4.78 is 7.60. The summed E-state index contributed by atoms with van der Waals surface area (Å²) in [5, 5.41) is 11.6. The van der Waals surface area contributed by atoms with E-state index < -0.39 is 0 Å². The van der Waals surface area contributed by atoms with Crippen molar-refractivity contribution < 1.29 is 4.74 Å². The number of hydrogen-bond donors (Lipinski definition) is 1. The van der Waals surface area contributed by atoms with E-state index >= 15 is 0 Å². The molecule has 1 aliphatic rings. The van der Waals surface area contributed by atoms with Gasteiger partial charge in [0.15, 0.2) is 0 Å². The number of ether oxygens (including phenoxy) is 1. The first-order valence-electron chi connectivity index (χ1n) is 5.92. The summed E-state index contributed by atoms with van der Waals surface area (Å²) in [7, 11) is 0. The molecule has 0 spiro atoms. The Bertz CT molecular complexity index is 336. The lowest BCUT2D eigenvalue weighted by molar-refractivity contribution is 0.113. The van der Waals surface area contributed by atoms with Gasteiger partial charge >= 0.3 is 0 Å². The molecule has 5 heteroatoms. The molecule has 0 aliphatic carbocycles. The third-order valence-electron chi connectivity index (χ3n) is 3.10. The monoisotopic (exact) mass is 224 g/mol. The van der Waals surface area contributed by atoms with Crippen molar-refractivity contribution in [2.75, 3.05) is 6.61 Å². The highest BCUT2D eigenvalue weighted by Gasteiger charge is 2.23. The fourth-order valence-electron chi connectivity index (χ4n) is 2.05. The van der Waals surface area contributed by atoms with E-state index in [-0.39, 0.29) is 0 Å². The molecule has 1 N–H and O–H groups in total. The highest BCUT2D eigenvalue weighted by atomic mass is 16.5. The van der Waals surface area contributed by atoms with E-state index in [1.165, 1.54) is 0 Å². The smallest absolute Gasteiger partial charge is 0.147 e. The van der Waals surface area contributed by atoms with Crippen LogP contribution in [-0.4, -0.2) is 33.5 Å². The fourth-order valence-corrected chi connectivity index (χ4v) is 2.05. The Morgan fingerprint density at radius 3 is 3.06 bits per heavy atom. The maximum absolute atomic E-state index is 5.51. The summed E-state index contributed by atoms with van der Waals surface area (Å²) in [4.78, 5) is 0. The van der Waals surface area contributed by atoms with Gasteiger partial charge in [-0.2, -0.15) is 0 Å². The largest absolute Gasteiger partial charge is 0.377 e. The molecule has 2 unspecified atom stereocenters. The summed E-state index contributed by atoms with van der Waals surface area (Å²) in [6.45, 7) is 7.99. The molecule has 16 heavy (non-hydrogen) atoms. The molecule has 0 radical (unpaired) electrons. The predicted molar refractivity (Wildman–Crippen MR) is 61.1 cm³/mol. The van der Waals surface area contributed by atoms with Crippen LogP contribution in [0.3, 0.4) is 0 Å². The highest BCUT2D eigenvalue weighted by Crippen LogP contribution is 2.13. The van der Waals surface area contributed by atoms with Gasteiger partial charge in [0, 0.05) is 18.7 Å². The first-order valence-corrected chi connectivity index (χ1v) is 5.92. The number of nitrogens with one attached hydrogen (secondary N) is 1. The van der Waals surface area contributed by atoms with Crippen molar-refractivity contribution in [1.29, 1.82) is 0 Å². The van der Waals surface area contributed by atoms with E-state index in [1.54, 1.807) is 6.33 Å². The Labute approximate surface area is 96.2 Å². The lowest BCUT2D eigenvalue weighted by atomic mass is 10.1. The Balaban J connectivity index is 1.91. The van der Waals surface area contributed by atoms with Crippen LogP contribution in [0.5, 0.6) is 0 Å². The Kier molecular flexibility index (Phi) is 3.56. The van der Waals surface area contributed by atoms with Gasteiger partial charge in [-0.25, -0.2) is 0 Å². The van der Waals surface area contributed by atoms with Gasteiger partial charge in [0.25, 0.3) is 0 Å². The van der Waals surface area contributed by atoms with Crippen LogP contribution >= 0.6 is 0 Å². The summed E-state index contributed by atoms with van der Waals surface area (Å²) in [6.07, 6.45) is 3.17. The lowest BCUT2D eigenvalue weighted by Gasteiger charge is -2.16. The van der Waals surface area contributed by atoms with Gasteiger partial charge < -0.3 is 14.6 Å². The van der Waals surface area contributed by atoms with Crippen molar-refractivity contribution in [3.8, 4) is 0 Å². The van der Waals surface area contributed by atoms with Crippen LogP contribution in [-0.2, 0) is 11.3 Å². The van der Waals surface area contributed by atoms with Crippen molar-refractivity contribution in [3.63, 3.8) is 0 Å². The quantitative estimate of drug-likeness (QED) is 0.833. The third-order valence-corrected chi connectivity index (χ3v) is 3.10. The van der Waals surface area contributed by atoms with Gasteiger partial charge in [-0.15, -0.1) is 10.2 Å². The molecule has 0 bridgehead atoms. The molecule has 0 amide bonds. The average molecular weight is 224 g/mol. The van der Waals surface area contributed by atoms with Gasteiger partial charge in [-0.3, -0.25) is 0 Å². The summed E-state index contributed by atoms with van der Waals surface area (Å²) in [6, 6.07) is 0.848. The first kappa shape index (κ1) is 11.5. The normalized spacial score (nSPS) is 25.5. The van der Waals surface area contributed by atoms with Crippen molar-refractivity contribution in [3.05, 3.63) is 12.2 Å². The highest BCUT2D eigenvalue weighted by molar-refractivity contribution is 4.89. The maximum Gasteiger partial charge on any atom is 0.147 e. The van der Waals surface area contributed by atoms with Crippen LogP contribution in [0.15, 0.2) is 6.33 Å². The summed E-state index contributed by atoms with van der Waals surface area (Å²) in [5.41, 5.74) is 0. The molecule has 0 aromatic carbocycles. The van der Waals surface area contributed by atoms with E-state index in [0.29, 0.717) is 18.2 Å². The van der Waals surface area contributed by atoms with Crippen molar-refractivity contribution in [2.24, 2.45) is 0 Å². The van der Waals surface area contributed by atoms with Crippen LogP contribution in [0.4, 0.5) is 0 Å². The second-order valence-electron chi connectivity index (χ2n) is 4.60. The lowest BCUT2D eigenvalue weighted by Crippen LogP contribution is -2.35. The van der Waals surface area contributed by atoms with Crippen LogP contribution < -0.4 is 5.32 Å². The zero-order valence-corrected chi connectivity index (χ0v) is 10.2. The topological polar surface area (TPSA) is 52.0 Å². The number of nitrogens with zero attached hydrogens (tertiary/aromatic N) is 3. The van der Waals surface area contributed by atoms with E-state index in [0.717, 1.165) is 25.4 Å². The Morgan fingerprint density at radius 2 is 2.44 bits per heavy atom. The molecular formula is C11H20N4O. The number of hydrogen-bond acceptors (Lipinski definition) is 4. The van der Waals surface area contributed by atoms with Gasteiger partial charge in [0.2, 0.25) is 0 Å². The molecule has 1 fully saturated rings. The second kappa shape index (κ2) is 4.93. The van der Waals surface area contributed by atoms with Gasteiger partial charge in [0.1, 0.15) is 12.2 Å². The van der Waals surface area contributed by atoms with Gasteiger partial charge in [-0.1, -0.05) is 0 Å². The molecule has 1 saturated heterocycles. The van der Waals surface area contributed by atoms with Crippen LogP contribution in [0.2, 0.25) is 0 Å². The van der Waals surface area contributed by atoms with Crippen LogP contribution in [0.25, 0.3) is 0 Å². The molecular weight excluding hydrogens is 204 g/mol.